The van der Waals surface area contributed by atoms with Crippen LogP contribution < -0.4 is 9.47 Å². The molecule has 0 saturated heterocycles. The molecule has 0 aliphatic heterocycles. The minimum atomic E-state index is 0.114. The molecule has 0 fully saturated rings. The Morgan fingerprint density at radius 1 is 0.579 bits per heavy atom. The molecule has 0 aliphatic carbocycles. The molecule has 4 N–H and O–H groups in total. The molecule has 8 nitrogen and oxygen atoms in total. The van der Waals surface area contributed by atoms with E-state index in [2.05, 4.69) is 19.9 Å². The van der Waals surface area contributed by atoms with E-state index in [1.165, 1.54) is 0 Å². The first-order valence-corrected chi connectivity index (χ1v) is 12.4. The van der Waals surface area contributed by atoms with E-state index in [1.807, 2.05) is 86.6 Å². The lowest BCUT2D eigenvalue weighted by Crippen LogP contribution is -1.93. The standard InChI is InChI=1S/2C15H14N2O2/c2*1-2-19-13-9-5-6-10(14(13)18)15-16-11-7-3-4-8-12(11)17-15/h2*3-9,18H,2H2,1H3,(H,16,17). The SMILES string of the molecule is CCOc1cccc(-c2nc3ccccc3[nH]2)c1O.CCOc1cccc(-c2nc3ccccc3[nH]2)c1O. The number of aromatic amines is 2. The fraction of sp³-hybridized carbons (Fsp3) is 0.133. The zero-order chi connectivity index (χ0) is 26.5. The fourth-order valence-electron chi connectivity index (χ4n) is 4.13. The van der Waals surface area contributed by atoms with Gasteiger partial charge in [0.25, 0.3) is 0 Å². The fourth-order valence-corrected chi connectivity index (χ4v) is 4.13. The van der Waals surface area contributed by atoms with Crippen LogP contribution in [0.15, 0.2) is 84.9 Å². The van der Waals surface area contributed by atoms with Gasteiger partial charge in [0.2, 0.25) is 0 Å². The van der Waals surface area contributed by atoms with Gasteiger partial charge in [0, 0.05) is 0 Å². The minimum absolute atomic E-state index is 0.114. The number of benzene rings is 4. The van der Waals surface area contributed by atoms with E-state index in [0.29, 0.717) is 47.5 Å². The zero-order valence-electron chi connectivity index (χ0n) is 21.1. The first-order chi connectivity index (χ1) is 18.6. The van der Waals surface area contributed by atoms with E-state index in [-0.39, 0.29) is 11.5 Å². The summed E-state index contributed by atoms with van der Waals surface area (Å²) in [5.41, 5.74) is 4.92. The van der Waals surface area contributed by atoms with Crippen molar-refractivity contribution in [3.63, 3.8) is 0 Å². The van der Waals surface area contributed by atoms with Gasteiger partial charge in [-0.1, -0.05) is 36.4 Å². The number of nitrogens with zero attached hydrogens (tertiary/aromatic N) is 2. The lowest BCUT2D eigenvalue weighted by atomic mass is 10.2. The van der Waals surface area contributed by atoms with E-state index < -0.39 is 0 Å². The maximum absolute atomic E-state index is 10.2. The highest BCUT2D eigenvalue weighted by Crippen LogP contribution is 2.37. The third-order valence-corrected chi connectivity index (χ3v) is 5.89. The van der Waals surface area contributed by atoms with Crippen molar-refractivity contribution in [1.82, 2.24) is 19.9 Å². The second-order valence-corrected chi connectivity index (χ2v) is 8.38. The van der Waals surface area contributed by atoms with Gasteiger partial charge in [-0.15, -0.1) is 0 Å². The molecule has 8 heteroatoms. The number of hydrogen-bond donors (Lipinski definition) is 4. The molecule has 0 unspecified atom stereocenters. The highest BCUT2D eigenvalue weighted by atomic mass is 16.5. The summed E-state index contributed by atoms with van der Waals surface area (Å²) in [4.78, 5) is 15.3. The number of H-pyrrole nitrogens is 2. The first-order valence-electron chi connectivity index (χ1n) is 12.4. The van der Waals surface area contributed by atoms with Crippen LogP contribution >= 0.6 is 0 Å². The average Bonchev–Trinajstić information content (AvgIpc) is 3.56. The Morgan fingerprint density at radius 3 is 1.39 bits per heavy atom. The number of ether oxygens (including phenoxy) is 2. The number of fused-ring (bicyclic) bond motifs is 2. The molecule has 0 radical (unpaired) electrons. The molecule has 0 atom stereocenters. The number of phenolic OH excluding ortho intramolecular Hbond substituents is 2. The lowest BCUT2D eigenvalue weighted by molar-refractivity contribution is 0.318. The van der Waals surface area contributed by atoms with E-state index in [1.54, 1.807) is 12.1 Å². The number of para-hydroxylation sites is 6. The van der Waals surface area contributed by atoms with Crippen LogP contribution in [0.3, 0.4) is 0 Å². The van der Waals surface area contributed by atoms with E-state index in [0.717, 1.165) is 22.1 Å². The summed E-state index contributed by atoms with van der Waals surface area (Å²) in [5, 5.41) is 20.4. The highest BCUT2D eigenvalue weighted by molar-refractivity contribution is 5.82. The second-order valence-electron chi connectivity index (χ2n) is 8.38. The van der Waals surface area contributed by atoms with Crippen LogP contribution in [-0.2, 0) is 0 Å². The van der Waals surface area contributed by atoms with Gasteiger partial charge in [-0.3, -0.25) is 0 Å². The molecular weight excluding hydrogens is 480 g/mol. The quantitative estimate of drug-likeness (QED) is 0.200. The molecule has 0 spiro atoms. The number of nitrogens with one attached hydrogen (secondary N) is 2. The molecule has 2 aromatic heterocycles. The first kappa shape index (κ1) is 24.7. The number of aromatic nitrogens is 4. The number of phenols is 2. The van der Waals surface area contributed by atoms with Gasteiger partial charge in [-0.25, -0.2) is 9.97 Å². The number of aromatic hydroxyl groups is 2. The second kappa shape index (κ2) is 11.0. The zero-order valence-corrected chi connectivity index (χ0v) is 21.1. The van der Waals surface area contributed by atoms with Crippen molar-refractivity contribution in [3.05, 3.63) is 84.9 Å². The van der Waals surface area contributed by atoms with Gasteiger partial charge in [-0.2, -0.15) is 0 Å². The summed E-state index contributed by atoms with van der Waals surface area (Å²) >= 11 is 0. The van der Waals surface area contributed by atoms with Crippen molar-refractivity contribution in [3.8, 4) is 45.8 Å². The van der Waals surface area contributed by atoms with Gasteiger partial charge in [0.05, 0.1) is 46.4 Å². The van der Waals surface area contributed by atoms with Crippen LogP contribution in [0.5, 0.6) is 23.0 Å². The molecule has 0 bridgehead atoms. The summed E-state index contributed by atoms with van der Waals surface area (Å²) < 4.78 is 10.8. The molecular formula is C30H28N4O4. The Kier molecular flexibility index (Phi) is 7.13. The van der Waals surface area contributed by atoms with Gasteiger partial charge >= 0.3 is 0 Å². The van der Waals surface area contributed by atoms with Crippen LogP contribution in [0.2, 0.25) is 0 Å². The van der Waals surface area contributed by atoms with Crippen molar-refractivity contribution in [1.29, 1.82) is 0 Å². The third kappa shape index (κ3) is 4.97. The molecule has 4 aromatic carbocycles. The van der Waals surface area contributed by atoms with Gasteiger partial charge in [-0.05, 0) is 62.4 Å². The van der Waals surface area contributed by atoms with E-state index in [9.17, 15) is 10.2 Å². The van der Waals surface area contributed by atoms with Crippen LogP contribution in [0.1, 0.15) is 13.8 Å². The smallest absolute Gasteiger partial charge is 0.168 e. The van der Waals surface area contributed by atoms with Crippen LogP contribution in [0, 0.1) is 0 Å². The van der Waals surface area contributed by atoms with Crippen molar-refractivity contribution in [2.24, 2.45) is 0 Å². The Morgan fingerprint density at radius 2 is 1.00 bits per heavy atom. The summed E-state index contributed by atoms with van der Waals surface area (Å²) in [6, 6.07) is 26.3. The summed E-state index contributed by atoms with van der Waals surface area (Å²) in [6.45, 7) is 4.79. The topological polar surface area (TPSA) is 116 Å². The Bertz CT molecular complexity index is 1500. The predicted molar refractivity (Wildman–Crippen MR) is 149 cm³/mol. The monoisotopic (exact) mass is 508 g/mol. The molecule has 6 rings (SSSR count). The summed E-state index contributed by atoms with van der Waals surface area (Å²) in [7, 11) is 0. The minimum Gasteiger partial charge on any atom is -0.504 e. The maximum atomic E-state index is 10.2. The van der Waals surface area contributed by atoms with Crippen molar-refractivity contribution in [2.45, 2.75) is 13.8 Å². The van der Waals surface area contributed by atoms with Crippen molar-refractivity contribution >= 4 is 22.1 Å². The van der Waals surface area contributed by atoms with Crippen molar-refractivity contribution in [2.75, 3.05) is 13.2 Å². The molecule has 38 heavy (non-hydrogen) atoms. The van der Waals surface area contributed by atoms with Gasteiger partial charge in [0.1, 0.15) is 11.6 Å². The van der Waals surface area contributed by atoms with Crippen molar-refractivity contribution < 1.29 is 19.7 Å². The maximum Gasteiger partial charge on any atom is 0.168 e. The Labute approximate surface area is 219 Å². The molecule has 192 valence electrons. The van der Waals surface area contributed by atoms with Crippen LogP contribution in [-0.4, -0.2) is 43.4 Å². The molecule has 0 amide bonds. The number of imidazole rings is 2. The number of rotatable bonds is 6. The average molecular weight is 509 g/mol. The normalized spacial score (nSPS) is 10.8. The van der Waals surface area contributed by atoms with Crippen LogP contribution in [0.25, 0.3) is 44.8 Å². The van der Waals surface area contributed by atoms with E-state index in [4.69, 9.17) is 9.47 Å². The third-order valence-electron chi connectivity index (χ3n) is 5.89. The van der Waals surface area contributed by atoms with Gasteiger partial charge < -0.3 is 29.7 Å². The number of hydrogen-bond acceptors (Lipinski definition) is 6. The van der Waals surface area contributed by atoms with Gasteiger partial charge in [0.15, 0.2) is 23.0 Å². The summed E-state index contributed by atoms with van der Waals surface area (Å²) in [6.07, 6.45) is 0. The largest absolute Gasteiger partial charge is 0.504 e. The lowest BCUT2D eigenvalue weighted by Gasteiger charge is -2.08. The van der Waals surface area contributed by atoms with Crippen LogP contribution in [0.4, 0.5) is 0 Å². The molecule has 6 aromatic rings. The molecule has 0 saturated carbocycles. The van der Waals surface area contributed by atoms with E-state index >= 15 is 0 Å². The summed E-state index contributed by atoms with van der Waals surface area (Å²) in [5.74, 6) is 2.45. The highest BCUT2D eigenvalue weighted by Gasteiger charge is 2.14. The Balaban J connectivity index is 0.000000155. The molecule has 2 heterocycles. The predicted octanol–water partition coefficient (Wildman–Crippen LogP) is 6.67. The molecule has 0 aliphatic rings. The Hall–Kier alpha value is -4.98.